The Morgan fingerprint density at radius 2 is 1.60 bits per heavy atom. The summed E-state index contributed by atoms with van der Waals surface area (Å²) in [6.45, 7) is 0. The summed E-state index contributed by atoms with van der Waals surface area (Å²) in [5, 5.41) is 0. The van der Waals surface area contributed by atoms with Gasteiger partial charge in [-0.1, -0.05) is 18.9 Å². The molecule has 0 aromatic heterocycles. The van der Waals surface area contributed by atoms with Gasteiger partial charge in [0, 0.05) is 5.92 Å². The zero-order valence-corrected chi connectivity index (χ0v) is 10.5. The summed E-state index contributed by atoms with van der Waals surface area (Å²) in [4.78, 5) is 12.1. The third kappa shape index (κ3) is 2.83. The molecular weight excluding hydrogens is 279 g/mol. The second-order valence-corrected chi connectivity index (χ2v) is 5.00. The summed E-state index contributed by atoms with van der Waals surface area (Å²) in [5.41, 5.74) is -0.853. The zero-order valence-electron chi connectivity index (χ0n) is 10.5. The fourth-order valence-electron chi connectivity index (χ4n) is 2.76. The predicted molar refractivity (Wildman–Crippen MR) is 62.2 cm³/mol. The third-order valence-electron chi connectivity index (χ3n) is 3.73. The van der Waals surface area contributed by atoms with Crippen molar-refractivity contribution in [3.8, 4) is 0 Å². The fourth-order valence-corrected chi connectivity index (χ4v) is 2.76. The van der Waals surface area contributed by atoms with Gasteiger partial charge in [0.2, 0.25) is 0 Å². The van der Waals surface area contributed by atoms with Gasteiger partial charge in [-0.3, -0.25) is 4.79 Å². The molecule has 1 aliphatic rings. The van der Waals surface area contributed by atoms with Crippen LogP contribution in [0.25, 0.3) is 0 Å². The van der Waals surface area contributed by atoms with Crippen LogP contribution in [0.2, 0.25) is 0 Å². The molecule has 0 radical (unpaired) electrons. The van der Waals surface area contributed by atoms with E-state index in [1.54, 1.807) is 0 Å². The number of benzene rings is 1. The molecule has 1 nitrogen and oxygen atoms in total. The van der Waals surface area contributed by atoms with Crippen molar-refractivity contribution in [1.29, 1.82) is 0 Å². The summed E-state index contributed by atoms with van der Waals surface area (Å²) in [7, 11) is 0. The smallest absolute Gasteiger partial charge is 0.294 e. The lowest BCUT2D eigenvalue weighted by Gasteiger charge is -2.32. The van der Waals surface area contributed by atoms with E-state index in [9.17, 15) is 26.7 Å². The quantitative estimate of drug-likeness (QED) is 0.578. The molecule has 0 bridgehead atoms. The fraction of sp³-hybridized carbons (Fsp3) is 0.500. The Balaban J connectivity index is 2.35. The molecule has 0 amide bonds. The Morgan fingerprint density at radius 1 is 1.05 bits per heavy atom. The molecule has 0 spiro atoms. The van der Waals surface area contributed by atoms with Crippen molar-refractivity contribution in [2.75, 3.05) is 0 Å². The maximum absolute atomic E-state index is 13.5. The molecule has 1 aliphatic carbocycles. The van der Waals surface area contributed by atoms with Gasteiger partial charge in [0.25, 0.3) is 0 Å². The Morgan fingerprint density at radius 3 is 2.15 bits per heavy atom. The van der Waals surface area contributed by atoms with Gasteiger partial charge in [-0.15, -0.1) is 0 Å². The van der Waals surface area contributed by atoms with Crippen LogP contribution in [-0.4, -0.2) is 12.0 Å². The highest BCUT2D eigenvalue weighted by molar-refractivity contribution is 5.98. The van der Waals surface area contributed by atoms with Crippen molar-refractivity contribution in [3.05, 3.63) is 35.4 Å². The van der Waals surface area contributed by atoms with Crippen LogP contribution in [0.5, 0.6) is 0 Å². The van der Waals surface area contributed by atoms with Gasteiger partial charge in [0.15, 0.2) is 5.78 Å². The first kappa shape index (κ1) is 14.9. The topological polar surface area (TPSA) is 17.1 Å². The second kappa shape index (κ2) is 5.50. The van der Waals surface area contributed by atoms with E-state index in [0.29, 0.717) is 12.8 Å². The average molecular weight is 292 g/mol. The highest BCUT2D eigenvalue weighted by Gasteiger charge is 2.48. The number of ketones is 1. The standard InChI is InChI=1S/C14H13F5O/c15-10-6-3-7-11(16)12(10)13(20)8-4-1-2-5-9(8)14(17,18)19/h3,6-9H,1-2,4-5H2. The minimum absolute atomic E-state index is 0.0107. The lowest BCUT2D eigenvalue weighted by Crippen LogP contribution is -2.37. The number of rotatable bonds is 2. The lowest BCUT2D eigenvalue weighted by atomic mass is 9.75. The molecule has 2 atom stereocenters. The minimum atomic E-state index is -4.53. The van der Waals surface area contributed by atoms with Crippen LogP contribution >= 0.6 is 0 Å². The summed E-state index contributed by atoms with van der Waals surface area (Å²) in [5.74, 6) is -6.51. The van der Waals surface area contributed by atoms with Gasteiger partial charge < -0.3 is 0 Å². The van der Waals surface area contributed by atoms with Crippen molar-refractivity contribution in [1.82, 2.24) is 0 Å². The number of Topliss-reactive ketones (excluding diaryl/α,β-unsaturated/α-hetero) is 1. The monoisotopic (exact) mass is 292 g/mol. The molecule has 2 unspecified atom stereocenters. The Labute approximate surface area is 112 Å². The molecule has 2 rings (SSSR count). The van der Waals surface area contributed by atoms with Gasteiger partial charge in [0.1, 0.15) is 11.6 Å². The molecule has 110 valence electrons. The first-order valence-corrected chi connectivity index (χ1v) is 6.37. The molecule has 1 aromatic rings. The Hall–Kier alpha value is -1.46. The van der Waals surface area contributed by atoms with Gasteiger partial charge >= 0.3 is 6.18 Å². The molecular formula is C14H13F5O. The largest absolute Gasteiger partial charge is 0.392 e. The lowest BCUT2D eigenvalue weighted by molar-refractivity contribution is -0.191. The second-order valence-electron chi connectivity index (χ2n) is 5.00. The third-order valence-corrected chi connectivity index (χ3v) is 3.73. The average Bonchev–Trinajstić information content (AvgIpc) is 2.37. The van der Waals surface area contributed by atoms with E-state index in [4.69, 9.17) is 0 Å². The van der Waals surface area contributed by atoms with Crippen LogP contribution in [0.3, 0.4) is 0 Å². The van der Waals surface area contributed by atoms with E-state index in [-0.39, 0.29) is 12.8 Å². The first-order chi connectivity index (χ1) is 9.32. The van der Waals surface area contributed by atoms with E-state index < -0.39 is 41.0 Å². The Kier molecular flexibility index (Phi) is 4.11. The van der Waals surface area contributed by atoms with Crippen molar-refractivity contribution in [3.63, 3.8) is 0 Å². The minimum Gasteiger partial charge on any atom is -0.294 e. The predicted octanol–water partition coefficient (Wildman–Crippen LogP) is 4.52. The molecule has 0 aliphatic heterocycles. The summed E-state index contributed by atoms with van der Waals surface area (Å²) >= 11 is 0. The molecule has 1 aromatic carbocycles. The van der Waals surface area contributed by atoms with Gasteiger partial charge in [-0.05, 0) is 25.0 Å². The molecule has 1 saturated carbocycles. The van der Waals surface area contributed by atoms with Gasteiger partial charge in [-0.25, -0.2) is 8.78 Å². The number of halogens is 5. The van der Waals surface area contributed by atoms with E-state index in [1.165, 1.54) is 0 Å². The van der Waals surface area contributed by atoms with Crippen molar-refractivity contribution >= 4 is 5.78 Å². The SMILES string of the molecule is O=C(c1c(F)cccc1F)C1CCCCC1C(F)(F)F. The van der Waals surface area contributed by atoms with Crippen LogP contribution in [-0.2, 0) is 0 Å². The highest BCUT2D eigenvalue weighted by atomic mass is 19.4. The molecule has 0 saturated heterocycles. The molecule has 6 heteroatoms. The summed E-state index contributed by atoms with van der Waals surface area (Å²) in [6.07, 6.45) is -3.86. The van der Waals surface area contributed by atoms with Crippen LogP contribution in [0, 0.1) is 23.5 Å². The maximum atomic E-state index is 13.5. The number of carbonyl (C=O) groups excluding carboxylic acids is 1. The number of hydrogen-bond acceptors (Lipinski definition) is 1. The van der Waals surface area contributed by atoms with Crippen LogP contribution in [0.1, 0.15) is 36.0 Å². The van der Waals surface area contributed by atoms with Crippen molar-refractivity contribution in [2.24, 2.45) is 11.8 Å². The molecule has 20 heavy (non-hydrogen) atoms. The van der Waals surface area contributed by atoms with Gasteiger partial charge in [0.05, 0.1) is 11.5 Å². The molecule has 0 N–H and O–H groups in total. The van der Waals surface area contributed by atoms with Crippen molar-refractivity contribution in [2.45, 2.75) is 31.9 Å². The Bertz CT molecular complexity index is 489. The van der Waals surface area contributed by atoms with E-state index in [0.717, 1.165) is 18.2 Å². The molecule has 0 heterocycles. The summed E-state index contributed by atoms with van der Waals surface area (Å²) < 4.78 is 65.9. The van der Waals surface area contributed by atoms with Gasteiger partial charge in [-0.2, -0.15) is 13.2 Å². The first-order valence-electron chi connectivity index (χ1n) is 6.37. The number of carbonyl (C=O) groups is 1. The molecule has 1 fully saturated rings. The van der Waals surface area contributed by atoms with Crippen LogP contribution < -0.4 is 0 Å². The van der Waals surface area contributed by atoms with Crippen LogP contribution in [0.4, 0.5) is 22.0 Å². The van der Waals surface area contributed by atoms with Crippen molar-refractivity contribution < 1.29 is 26.7 Å². The summed E-state index contributed by atoms with van der Waals surface area (Å²) in [6, 6.07) is 2.83. The normalized spacial score (nSPS) is 23.6. The number of hydrogen-bond donors (Lipinski definition) is 0. The zero-order chi connectivity index (χ0) is 14.9. The van der Waals surface area contributed by atoms with E-state index in [1.807, 2.05) is 0 Å². The number of alkyl halides is 3. The van der Waals surface area contributed by atoms with E-state index in [2.05, 4.69) is 0 Å². The van der Waals surface area contributed by atoms with Crippen LogP contribution in [0.15, 0.2) is 18.2 Å². The van der Waals surface area contributed by atoms with E-state index >= 15 is 0 Å². The maximum Gasteiger partial charge on any atom is 0.392 e. The highest BCUT2D eigenvalue weighted by Crippen LogP contribution is 2.43.